The summed E-state index contributed by atoms with van der Waals surface area (Å²) >= 11 is 0. The zero-order chi connectivity index (χ0) is 13.7. The van der Waals surface area contributed by atoms with E-state index < -0.39 is 0 Å². The summed E-state index contributed by atoms with van der Waals surface area (Å²) in [6, 6.07) is 9.33. The quantitative estimate of drug-likeness (QED) is 0.706. The van der Waals surface area contributed by atoms with Gasteiger partial charge in [-0.25, -0.2) is 4.98 Å². The summed E-state index contributed by atoms with van der Waals surface area (Å²) in [5.41, 5.74) is 1.05. The van der Waals surface area contributed by atoms with Gasteiger partial charge in [0.15, 0.2) is 0 Å². The zero-order valence-corrected chi connectivity index (χ0v) is 10.9. The van der Waals surface area contributed by atoms with Gasteiger partial charge >= 0.3 is 0 Å². The van der Waals surface area contributed by atoms with E-state index in [1.54, 1.807) is 6.20 Å². The number of aliphatic hydroxyl groups is 2. The first-order valence-corrected chi connectivity index (χ1v) is 6.26. The molecular formula is C14H19N3O2. The minimum Gasteiger partial charge on any atom is -0.395 e. The van der Waals surface area contributed by atoms with E-state index in [9.17, 15) is 10.2 Å². The van der Waals surface area contributed by atoms with Crippen molar-refractivity contribution in [3.05, 3.63) is 54.1 Å². The molecule has 3 N–H and O–H groups in total. The van der Waals surface area contributed by atoms with Gasteiger partial charge in [-0.1, -0.05) is 30.3 Å². The van der Waals surface area contributed by atoms with Crippen molar-refractivity contribution in [2.24, 2.45) is 7.05 Å². The van der Waals surface area contributed by atoms with E-state index in [1.807, 2.05) is 48.1 Å². The number of benzene rings is 1. The molecule has 2 aromatic rings. The van der Waals surface area contributed by atoms with Crippen LogP contribution in [-0.2, 0) is 7.05 Å². The van der Waals surface area contributed by atoms with Crippen LogP contribution in [-0.4, -0.2) is 39.0 Å². The van der Waals surface area contributed by atoms with E-state index in [0.717, 1.165) is 11.4 Å². The number of aliphatic hydroxyl groups excluding tert-OH is 2. The van der Waals surface area contributed by atoms with Crippen molar-refractivity contribution in [3.63, 3.8) is 0 Å². The molecule has 5 heteroatoms. The first-order valence-electron chi connectivity index (χ1n) is 6.26. The van der Waals surface area contributed by atoms with Crippen LogP contribution < -0.4 is 5.32 Å². The van der Waals surface area contributed by atoms with Crippen molar-refractivity contribution in [2.45, 2.75) is 12.1 Å². The smallest absolute Gasteiger partial charge is 0.130 e. The summed E-state index contributed by atoms with van der Waals surface area (Å²) in [5, 5.41) is 21.7. The van der Waals surface area contributed by atoms with Gasteiger partial charge in [0.1, 0.15) is 5.82 Å². The van der Waals surface area contributed by atoms with Crippen LogP contribution in [0.2, 0.25) is 0 Å². The molecule has 1 aromatic heterocycles. The van der Waals surface area contributed by atoms with Crippen LogP contribution in [0.25, 0.3) is 0 Å². The Labute approximate surface area is 112 Å². The molecule has 2 rings (SSSR count). The number of imidazole rings is 1. The molecule has 102 valence electrons. The van der Waals surface area contributed by atoms with Crippen LogP contribution >= 0.6 is 0 Å². The van der Waals surface area contributed by atoms with Crippen molar-refractivity contribution in [1.29, 1.82) is 0 Å². The van der Waals surface area contributed by atoms with Gasteiger partial charge in [-0.05, 0) is 5.56 Å². The van der Waals surface area contributed by atoms with Crippen molar-refractivity contribution in [1.82, 2.24) is 14.9 Å². The van der Waals surface area contributed by atoms with Gasteiger partial charge in [0, 0.05) is 19.4 Å². The minimum atomic E-state index is -0.373. The minimum absolute atomic E-state index is 0.121. The predicted octanol–water partition coefficient (Wildman–Crippen LogP) is 0.452. The third-order valence-corrected chi connectivity index (χ3v) is 3.09. The number of hydrogen-bond donors (Lipinski definition) is 3. The molecule has 0 unspecified atom stereocenters. The Morgan fingerprint density at radius 1 is 1.21 bits per heavy atom. The van der Waals surface area contributed by atoms with E-state index in [1.165, 1.54) is 0 Å². The van der Waals surface area contributed by atoms with Gasteiger partial charge in [0.05, 0.1) is 25.3 Å². The number of aryl methyl sites for hydroxylation is 1. The number of rotatable bonds is 6. The molecule has 1 heterocycles. The Morgan fingerprint density at radius 2 is 1.89 bits per heavy atom. The summed E-state index contributed by atoms with van der Waals surface area (Å²) < 4.78 is 1.93. The van der Waals surface area contributed by atoms with Crippen molar-refractivity contribution in [2.75, 3.05) is 13.2 Å². The molecule has 19 heavy (non-hydrogen) atoms. The van der Waals surface area contributed by atoms with E-state index in [4.69, 9.17) is 0 Å². The van der Waals surface area contributed by atoms with Gasteiger partial charge in [-0.15, -0.1) is 0 Å². The molecule has 0 saturated carbocycles. The fourth-order valence-electron chi connectivity index (χ4n) is 2.02. The van der Waals surface area contributed by atoms with E-state index >= 15 is 0 Å². The van der Waals surface area contributed by atoms with Crippen molar-refractivity contribution in [3.8, 4) is 0 Å². The standard InChI is InChI=1S/C14H19N3O2/c1-17-8-7-15-14(17)13(16-12(9-18)10-19)11-5-3-2-4-6-11/h2-8,12-13,16,18-19H,9-10H2,1H3/t13-/m0/s1. The highest BCUT2D eigenvalue weighted by Crippen LogP contribution is 2.20. The average Bonchev–Trinajstić information content (AvgIpc) is 2.87. The summed E-state index contributed by atoms with van der Waals surface area (Å²) in [6.07, 6.45) is 3.61. The summed E-state index contributed by atoms with van der Waals surface area (Å²) in [6.45, 7) is -0.242. The Balaban J connectivity index is 2.31. The molecule has 0 spiro atoms. The zero-order valence-electron chi connectivity index (χ0n) is 10.9. The van der Waals surface area contributed by atoms with Crippen LogP contribution in [0.4, 0.5) is 0 Å². The molecule has 0 bridgehead atoms. The van der Waals surface area contributed by atoms with Crippen LogP contribution in [0.3, 0.4) is 0 Å². The molecule has 0 radical (unpaired) electrons. The van der Waals surface area contributed by atoms with E-state index in [0.29, 0.717) is 0 Å². The van der Waals surface area contributed by atoms with Gasteiger partial charge in [-0.3, -0.25) is 5.32 Å². The Bertz CT molecular complexity index is 494. The predicted molar refractivity (Wildman–Crippen MR) is 72.6 cm³/mol. The average molecular weight is 261 g/mol. The summed E-state index contributed by atoms with van der Waals surface area (Å²) in [5.74, 6) is 0.845. The van der Waals surface area contributed by atoms with E-state index in [-0.39, 0.29) is 25.3 Å². The monoisotopic (exact) mass is 261 g/mol. The maximum Gasteiger partial charge on any atom is 0.130 e. The van der Waals surface area contributed by atoms with Crippen LogP contribution in [0.15, 0.2) is 42.7 Å². The number of nitrogens with one attached hydrogen (secondary N) is 1. The van der Waals surface area contributed by atoms with Crippen LogP contribution in [0.5, 0.6) is 0 Å². The van der Waals surface area contributed by atoms with Gasteiger partial charge in [-0.2, -0.15) is 0 Å². The van der Waals surface area contributed by atoms with Gasteiger partial charge in [0.2, 0.25) is 0 Å². The molecule has 0 aliphatic rings. The van der Waals surface area contributed by atoms with Crippen molar-refractivity contribution < 1.29 is 10.2 Å². The highest BCUT2D eigenvalue weighted by molar-refractivity contribution is 5.25. The van der Waals surface area contributed by atoms with E-state index in [2.05, 4.69) is 10.3 Å². The van der Waals surface area contributed by atoms with Crippen LogP contribution in [0, 0.1) is 0 Å². The second kappa shape index (κ2) is 6.47. The lowest BCUT2D eigenvalue weighted by atomic mass is 10.1. The van der Waals surface area contributed by atoms with Crippen LogP contribution in [0.1, 0.15) is 17.4 Å². The molecular weight excluding hydrogens is 242 g/mol. The van der Waals surface area contributed by atoms with Crippen molar-refractivity contribution >= 4 is 0 Å². The SMILES string of the molecule is Cn1ccnc1[C@@H](NC(CO)CO)c1ccccc1. The number of hydrogen-bond acceptors (Lipinski definition) is 4. The highest BCUT2D eigenvalue weighted by atomic mass is 16.3. The second-order valence-electron chi connectivity index (χ2n) is 4.47. The first-order chi connectivity index (χ1) is 9.26. The lowest BCUT2D eigenvalue weighted by Crippen LogP contribution is -2.39. The molecule has 1 atom stereocenters. The number of nitrogens with zero attached hydrogens (tertiary/aromatic N) is 2. The molecule has 5 nitrogen and oxygen atoms in total. The second-order valence-corrected chi connectivity index (χ2v) is 4.47. The highest BCUT2D eigenvalue weighted by Gasteiger charge is 2.21. The third kappa shape index (κ3) is 3.20. The Kier molecular flexibility index (Phi) is 4.68. The van der Waals surface area contributed by atoms with Gasteiger partial charge in [0.25, 0.3) is 0 Å². The largest absolute Gasteiger partial charge is 0.395 e. The fraction of sp³-hybridized carbons (Fsp3) is 0.357. The number of aromatic nitrogens is 2. The maximum absolute atomic E-state index is 9.24. The summed E-state index contributed by atoms with van der Waals surface area (Å²) in [4.78, 5) is 4.35. The molecule has 0 aliphatic carbocycles. The fourth-order valence-corrected chi connectivity index (χ4v) is 2.02. The Hall–Kier alpha value is -1.69. The molecule has 0 amide bonds. The van der Waals surface area contributed by atoms with Gasteiger partial charge < -0.3 is 14.8 Å². The molecule has 1 aromatic carbocycles. The molecule has 0 aliphatic heterocycles. The Morgan fingerprint density at radius 3 is 2.42 bits per heavy atom. The third-order valence-electron chi connectivity index (χ3n) is 3.09. The normalized spacial score (nSPS) is 12.8. The topological polar surface area (TPSA) is 70.3 Å². The first kappa shape index (κ1) is 13.7. The lowest BCUT2D eigenvalue weighted by Gasteiger charge is -2.23. The molecule has 0 fully saturated rings. The summed E-state index contributed by atoms with van der Waals surface area (Å²) in [7, 11) is 1.92. The lowest BCUT2D eigenvalue weighted by molar-refractivity contribution is 0.164. The maximum atomic E-state index is 9.24. The molecule has 0 saturated heterocycles.